The number of hydrogen-bond donors (Lipinski definition) is 0. The van der Waals surface area contributed by atoms with Gasteiger partial charge in [-0.1, -0.05) is 23.7 Å². The molecule has 6 heteroatoms. The quantitative estimate of drug-likeness (QED) is 0.789. The minimum Gasteiger partial charge on any atom is -0.312 e. The van der Waals surface area contributed by atoms with Gasteiger partial charge in [0.05, 0.1) is 5.02 Å². The number of halogens is 1. The second-order valence-electron chi connectivity index (χ2n) is 4.08. The van der Waals surface area contributed by atoms with Gasteiger partial charge in [0.2, 0.25) is 8.32 Å². The molecule has 0 atom stereocenters. The minimum atomic E-state index is -3.72. The third-order valence-electron chi connectivity index (χ3n) is 1.47. The Bertz CT molecular complexity index is 451. The highest BCUT2D eigenvalue weighted by Gasteiger charge is 2.27. The molecule has 0 N–H and O–H groups in total. The molecule has 0 bridgehead atoms. The largest absolute Gasteiger partial charge is 0.312 e. The summed E-state index contributed by atoms with van der Waals surface area (Å²) in [4.78, 5) is 0.0362. The van der Waals surface area contributed by atoms with Gasteiger partial charge in [-0.3, -0.25) is 0 Å². The Morgan fingerprint density at radius 1 is 1.20 bits per heavy atom. The summed E-state index contributed by atoms with van der Waals surface area (Å²) in [5.41, 5.74) is 0. The predicted molar refractivity (Wildman–Crippen MR) is 63.1 cm³/mol. The Morgan fingerprint density at radius 2 is 1.73 bits per heavy atom. The van der Waals surface area contributed by atoms with Crippen LogP contribution in [0.4, 0.5) is 0 Å². The topological polar surface area (TPSA) is 43.4 Å². The summed E-state index contributed by atoms with van der Waals surface area (Å²) in [5, 5.41) is 0.191. The van der Waals surface area contributed by atoms with Crippen LogP contribution in [0.3, 0.4) is 0 Å². The Kier molecular flexibility index (Phi) is 3.60. The first-order valence-corrected chi connectivity index (χ1v) is 9.62. The van der Waals surface area contributed by atoms with E-state index in [1.165, 1.54) is 12.1 Å². The maximum atomic E-state index is 11.8. The molecule has 0 fully saturated rings. The Hall–Kier alpha value is -0.363. The van der Waals surface area contributed by atoms with Crippen molar-refractivity contribution >= 4 is 30.0 Å². The molecule has 0 aromatic heterocycles. The molecule has 0 saturated heterocycles. The molecule has 0 spiro atoms. The summed E-state index contributed by atoms with van der Waals surface area (Å²) >= 11 is 5.79. The van der Waals surface area contributed by atoms with Gasteiger partial charge in [0.25, 0.3) is 10.1 Å². The van der Waals surface area contributed by atoms with Crippen molar-refractivity contribution in [2.45, 2.75) is 24.5 Å². The number of rotatable bonds is 3. The second kappa shape index (κ2) is 4.25. The summed E-state index contributed by atoms with van der Waals surface area (Å²) in [6, 6.07) is 6.27. The second-order valence-corrected chi connectivity index (χ2v) is 10.7. The summed E-state index contributed by atoms with van der Waals surface area (Å²) in [7, 11) is -5.86. The van der Waals surface area contributed by atoms with Crippen LogP contribution in [0, 0.1) is 0 Å². The average Bonchev–Trinajstić information content (AvgIpc) is 1.99. The van der Waals surface area contributed by atoms with Crippen LogP contribution in [-0.4, -0.2) is 16.7 Å². The highest BCUT2D eigenvalue weighted by atomic mass is 35.5. The third kappa shape index (κ3) is 3.60. The zero-order valence-corrected chi connectivity index (χ0v) is 11.4. The van der Waals surface area contributed by atoms with E-state index < -0.39 is 18.4 Å². The lowest BCUT2D eigenvalue weighted by atomic mass is 10.4. The number of hydrogen-bond acceptors (Lipinski definition) is 3. The van der Waals surface area contributed by atoms with Crippen LogP contribution in [0.5, 0.6) is 0 Å². The zero-order valence-electron chi connectivity index (χ0n) is 8.82. The summed E-state index contributed by atoms with van der Waals surface area (Å²) in [6.07, 6.45) is 0. The highest BCUT2D eigenvalue weighted by molar-refractivity contribution is 7.88. The van der Waals surface area contributed by atoms with Crippen molar-refractivity contribution in [1.82, 2.24) is 0 Å². The third-order valence-corrected chi connectivity index (χ3v) is 5.68. The van der Waals surface area contributed by atoms with Crippen LogP contribution >= 0.6 is 11.6 Å². The molecule has 0 radical (unpaired) electrons. The lowest BCUT2D eigenvalue weighted by Crippen LogP contribution is -2.29. The minimum absolute atomic E-state index is 0.0362. The fraction of sp³-hybridized carbons (Fsp3) is 0.333. The SMILES string of the molecule is C[Si](C)(C)OS(=O)(=O)c1ccccc1Cl. The van der Waals surface area contributed by atoms with Gasteiger partial charge in [-0.05, 0) is 31.8 Å². The van der Waals surface area contributed by atoms with Crippen molar-refractivity contribution in [3.63, 3.8) is 0 Å². The van der Waals surface area contributed by atoms with E-state index in [0.29, 0.717) is 0 Å². The normalized spacial score (nSPS) is 12.8. The average molecular weight is 265 g/mol. The first-order valence-electron chi connectivity index (χ1n) is 4.42. The molecule has 0 aliphatic heterocycles. The molecule has 0 saturated carbocycles. The smallest absolute Gasteiger partial charge is 0.288 e. The van der Waals surface area contributed by atoms with Crippen molar-refractivity contribution < 1.29 is 12.3 Å². The van der Waals surface area contributed by atoms with Crippen molar-refractivity contribution in [2.24, 2.45) is 0 Å². The van der Waals surface area contributed by atoms with Gasteiger partial charge in [0.15, 0.2) is 0 Å². The fourth-order valence-corrected chi connectivity index (χ4v) is 4.98. The highest BCUT2D eigenvalue weighted by Crippen LogP contribution is 2.24. The van der Waals surface area contributed by atoms with Crippen LogP contribution in [0.2, 0.25) is 24.7 Å². The van der Waals surface area contributed by atoms with Gasteiger partial charge in [-0.15, -0.1) is 0 Å². The van der Waals surface area contributed by atoms with Crippen LogP contribution in [0.15, 0.2) is 29.2 Å². The van der Waals surface area contributed by atoms with Gasteiger partial charge < -0.3 is 3.87 Å². The Morgan fingerprint density at radius 3 is 2.20 bits per heavy atom. The van der Waals surface area contributed by atoms with E-state index in [-0.39, 0.29) is 9.92 Å². The molecular weight excluding hydrogens is 252 g/mol. The van der Waals surface area contributed by atoms with E-state index in [4.69, 9.17) is 15.5 Å². The first kappa shape index (κ1) is 12.7. The monoisotopic (exact) mass is 264 g/mol. The van der Waals surface area contributed by atoms with Crippen LogP contribution in [0.1, 0.15) is 0 Å². The molecule has 3 nitrogen and oxygen atoms in total. The number of benzene rings is 1. The maximum Gasteiger partial charge on any atom is 0.288 e. The van der Waals surface area contributed by atoms with Crippen LogP contribution in [-0.2, 0) is 14.0 Å². The molecule has 1 aromatic rings. The molecule has 0 amide bonds. The van der Waals surface area contributed by atoms with E-state index in [2.05, 4.69) is 0 Å². The van der Waals surface area contributed by atoms with Gasteiger partial charge in [0, 0.05) is 0 Å². The van der Waals surface area contributed by atoms with Crippen LogP contribution < -0.4 is 0 Å². The first-order chi connectivity index (χ1) is 6.72. The molecule has 0 aliphatic rings. The molecule has 0 heterocycles. The van der Waals surface area contributed by atoms with Crippen molar-refractivity contribution in [3.8, 4) is 0 Å². The van der Waals surface area contributed by atoms with E-state index >= 15 is 0 Å². The maximum absolute atomic E-state index is 11.8. The Balaban J connectivity index is 3.13. The lowest BCUT2D eigenvalue weighted by Gasteiger charge is -2.17. The molecule has 15 heavy (non-hydrogen) atoms. The zero-order chi connectivity index (χ0) is 11.7. The van der Waals surface area contributed by atoms with Gasteiger partial charge in [-0.25, -0.2) is 0 Å². The van der Waals surface area contributed by atoms with Gasteiger partial charge in [0.1, 0.15) is 4.90 Å². The van der Waals surface area contributed by atoms with Gasteiger partial charge >= 0.3 is 0 Å². The lowest BCUT2D eigenvalue weighted by molar-refractivity contribution is 0.486. The van der Waals surface area contributed by atoms with Gasteiger partial charge in [-0.2, -0.15) is 8.42 Å². The fourth-order valence-electron chi connectivity index (χ4n) is 1.02. The van der Waals surface area contributed by atoms with E-state index in [0.717, 1.165) is 0 Å². The van der Waals surface area contributed by atoms with Crippen molar-refractivity contribution in [3.05, 3.63) is 29.3 Å². The molecule has 0 unspecified atom stereocenters. The van der Waals surface area contributed by atoms with Crippen LogP contribution in [0.25, 0.3) is 0 Å². The van der Waals surface area contributed by atoms with E-state index in [1.807, 2.05) is 0 Å². The molecule has 0 aliphatic carbocycles. The molecule has 84 valence electrons. The van der Waals surface area contributed by atoms with E-state index in [9.17, 15) is 8.42 Å². The summed E-state index contributed by atoms with van der Waals surface area (Å²) in [6.45, 7) is 5.42. The molecule has 1 rings (SSSR count). The summed E-state index contributed by atoms with van der Waals surface area (Å²) < 4.78 is 28.7. The van der Waals surface area contributed by atoms with Crippen molar-refractivity contribution in [2.75, 3.05) is 0 Å². The standard InChI is InChI=1S/C9H13ClO3SSi/c1-15(2,3)13-14(11,12)9-7-5-4-6-8(9)10/h4-7H,1-3H3. The summed E-state index contributed by atoms with van der Waals surface area (Å²) in [5.74, 6) is 0. The van der Waals surface area contributed by atoms with Crippen molar-refractivity contribution in [1.29, 1.82) is 0 Å². The Labute approximate surface area is 96.3 Å². The predicted octanol–water partition coefficient (Wildman–Crippen LogP) is 2.88. The van der Waals surface area contributed by atoms with E-state index in [1.54, 1.807) is 31.8 Å². The molecular formula is C9H13ClO3SSi. The molecule has 1 aromatic carbocycles.